The van der Waals surface area contributed by atoms with E-state index in [-0.39, 0.29) is 5.56 Å². The number of thiophene rings is 1. The molecule has 1 atom stereocenters. The Kier molecular flexibility index (Phi) is 4.81. The molecule has 2 heterocycles. The molecule has 4 nitrogen and oxygen atoms in total. The third-order valence-electron chi connectivity index (χ3n) is 5.60. The van der Waals surface area contributed by atoms with Gasteiger partial charge in [-0.2, -0.15) is 0 Å². The van der Waals surface area contributed by atoms with E-state index in [0.29, 0.717) is 24.5 Å². The summed E-state index contributed by atoms with van der Waals surface area (Å²) in [6, 6.07) is 9.69. The van der Waals surface area contributed by atoms with Crippen LogP contribution < -0.4 is 10.3 Å². The molecule has 27 heavy (non-hydrogen) atoms. The van der Waals surface area contributed by atoms with Gasteiger partial charge in [-0.3, -0.25) is 9.36 Å². The van der Waals surface area contributed by atoms with Crippen molar-refractivity contribution in [2.45, 2.75) is 46.6 Å². The smallest absolute Gasteiger partial charge is 0.262 e. The minimum Gasteiger partial charge on any atom is -0.492 e. The topological polar surface area (TPSA) is 44.1 Å². The number of nitrogens with zero attached hydrogens (tertiary/aromatic N) is 2. The maximum Gasteiger partial charge on any atom is 0.262 e. The van der Waals surface area contributed by atoms with Gasteiger partial charge in [-0.15, -0.1) is 11.3 Å². The molecule has 3 aromatic rings. The van der Waals surface area contributed by atoms with Crippen molar-refractivity contribution in [2.24, 2.45) is 11.3 Å². The Bertz CT molecular complexity index is 999. The lowest BCUT2D eigenvalue weighted by Gasteiger charge is -2.33. The number of aromatic nitrogens is 2. The Hall–Kier alpha value is -2.14. The third-order valence-corrected chi connectivity index (χ3v) is 6.77. The van der Waals surface area contributed by atoms with E-state index in [1.54, 1.807) is 22.2 Å². The van der Waals surface area contributed by atoms with Gasteiger partial charge in [0.2, 0.25) is 0 Å². The number of ether oxygens (including phenoxy) is 1. The van der Waals surface area contributed by atoms with Crippen LogP contribution in [0.25, 0.3) is 10.2 Å². The number of hydrogen-bond acceptors (Lipinski definition) is 4. The Morgan fingerprint density at radius 1 is 1.26 bits per heavy atom. The summed E-state index contributed by atoms with van der Waals surface area (Å²) in [4.78, 5) is 19.9. The predicted molar refractivity (Wildman–Crippen MR) is 111 cm³/mol. The van der Waals surface area contributed by atoms with Crippen LogP contribution in [0.5, 0.6) is 5.75 Å². The number of aryl methyl sites for hydroxylation is 1. The predicted octanol–water partition coefficient (Wildman–Crippen LogP) is 4.69. The van der Waals surface area contributed by atoms with E-state index in [9.17, 15) is 4.79 Å². The number of benzene rings is 1. The third kappa shape index (κ3) is 3.65. The first kappa shape index (κ1) is 18.2. The van der Waals surface area contributed by atoms with Crippen LogP contribution in [0.4, 0.5) is 0 Å². The van der Waals surface area contributed by atoms with Crippen molar-refractivity contribution in [1.29, 1.82) is 0 Å². The zero-order valence-electron chi connectivity index (χ0n) is 16.2. The molecule has 1 aromatic carbocycles. The van der Waals surface area contributed by atoms with Gasteiger partial charge in [0.25, 0.3) is 5.56 Å². The van der Waals surface area contributed by atoms with Crippen molar-refractivity contribution >= 4 is 21.6 Å². The van der Waals surface area contributed by atoms with E-state index in [1.807, 2.05) is 30.3 Å². The summed E-state index contributed by atoms with van der Waals surface area (Å²) in [5.74, 6) is 1.49. The average Bonchev–Trinajstić information content (AvgIpc) is 3.02. The zero-order valence-corrected chi connectivity index (χ0v) is 17.0. The van der Waals surface area contributed by atoms with Gasteiger partial charge in [-0.25, -0.2) is 4.98 Å². The van der Waals surface area contributed by atoms with Gasteiger partial charge in [0.1, 0.15) is 17.2 Å². The molecule has 0 saturated carbocycles. The van der Waals surface area contributed by atoms with Gasteiger partial charge >= 0.3 is 0 Å². The summed E-state index contributed by atoms with van der Waals surface area (Å²) in [7, 11) is 0. The van der Waals surface area contributed by atoms with Crippen LogP contribution in [-0.2, 0) is 19.4 Å². The second kappa shape index (κ2) is 7.12. The molecule has 0 unspecified atom stereocenters. The second-order valence-electron chi connectivity index (χ2n) is 8.39. The van der Waals surface area contributed by atoms with Gasteiger partial charge in [0, 0.05) is 4.88 Å². The molecule has 0 radical (unpaired) electrons. The highest BCUT2D eigenvalue weighted by Crippen LogP contribution is 2.41. The molecule has 2 aromatic heterocycles. The van der Waals surface area contributed by atoms with Crippen LogP contribution in [0.3, 0.4) is 0 Å². The highest BCUT2D eigenvalue weighted by Gasteiger charge is 2.31. The molecule has 1 aliphatic rings. The van der Waals surface area contributed by atoms with E-state index in [1.165, 1.54) is 10.4 Å². The summed E-state index contributed by atoms with van der Waals surface area (Å²) in [6.45, 7) is 7.90. The van der Waals surface area contributed by atoms with E-state index in [2.05, 4.69) is 25.8 Å². The van der Waals surface area contributed by atoms with Crippen molar-refractivity contribution in [3.05, 3.63) is 57.5 Å². The van der Waals surface area contributed by atoms with E-state index in [4.69, 9.17) is 4.74 Å². The SMILES string of the molecule is CC(C)(C)[C@@H]1CCc2c(sc3ncn(CCOc4ccccc4)c(=O)c23)C1. The average molecular weight is 383 g/mol. The molecular weight excluding hydrogens is 356 g/mol. The van der Waals surface area contributed by atoms with Gasteiger partial charge in [-0.1, -0.05) is 39.0 Å². The minimum absolute atomic E-state index is 0.0726. The van der Waals surface area contributed by atoms with Crippen LogP contribution in [0.2, 0.25) is 0 Å². The molecule has 0 bridgehead atoms. The number of para-hydroxylation sites is 1. The summed E-state index contributed by atoms with van der Waals surface area (Å²) >= 11 is 1.71. The minimum atomic E-state index is 0.0726. The van der Waals surface area contributed by atoms with Crippen LogP contribution in [0, 0.1) is 11.3 Å². The molecule has 1 aliphatic carbocycles. The summed E-state index contributed by atoms with van der Waals surface area (Å²) < 4.78 is 7.43. The van der Waals surface area contributed by atoms with Crippen molar-refractivity contribution in [1.82, 2.24) is 9.55 Å². The van der Waals surface area contributed by atoms with E-state index < -0.39 is 0 Å². The summed E-state index contributed by atoms with van der Waals surface area (Å²) in [6.07, 6.45) is 4.87. The maximum absolute atomic E-state index is 13.1. The summed E-state index contributed by atoms with van der Waals surface area (Å²) in [5, 5.41) is 0.838. The molecule has 142 valence electrons. The molecular formula is C22H26N2O2S. The molecule has 0 saturated heterocycles. The second-order valence-corrected chi connectivity index (χ2v) is 9.48. The summed E-state index contributed by atoms with van der Waals surface area (Å²) in [5.41, 5.74) is 1.62. The molecule has 5 heteroatoms. The molecule has 0 N–H and O–H groups in total. The number of rotatable bonds is 4. The first-order valence-electron chi connectivity index (χ1n) is 9.61. The molecule has 0 aliphatic heterocycles. The normalized spacial score (nSPS) is 17.1. The lowest BCUT2D eigenvalue weighted by Crippen LogP contribution is -2.27. The standard InChI is InChI=1S/C22H26N2O2S/c1-22(2,3)15-9-10-17-18(13-15)27-20-19(17)21(25)24(14-23-20)11-12-26-16-7-5-4-6-8-16/h4-8,14-15H,9-13H2,1-3H3/t15-/m1/s1. The molecule has 4 rings (SSSR count). The van der Waals surface area contributed by atoms with E-state index in [0.717, 1.165) is 35.2 Å². The first-order valence-corrected chi connectivity index (χ1v) is 10.4. The van der Waals surface area contributed by atoms with Crippen LogP contribution >= 0.6 is 11.3 Å². The molecule has 0 fully saturated rings. The number of hydrogen-bond donors (Lipinski definition) is 0. The van der Waals surface area contributed by atoms with Gasteiger partial charge < -0.3 is 4.74 Å². The highest BCUT2D eigenvalue weighted by molar-refractivity contribution is 7.18. The van der Waals surface area contributed by atoms with Crippen molar-refractivity contribution in [3.63, 3.8) is 0 Å². The molecule has 0 amide bonds. The zero-order chi connectivity index (χ0) is 19.0. The van der Waals surface area contributed by atoms with Crippen molar-refractivity contribution in [2.75, 3.05) is 6.61 Å². The highest BCUT2D eigenvalue weighted by atomic mass is 32.1. The van der Waals surface area contributed by atoms with Gasteiger partial charge in [0.15, 0.2) is 0 Å². The van der Waals surface area contributed by atoms with Crippen molar-refractivity contribution < 1.29 is 4.74 Å². The Morgan fingerprint density at radius 3 is 2.78 bits per heavy atom. The van der Waals surface area contributed by atoms with Gasteiger partial charge in [-0.05, 0) is 48.3 Å². The first-order chi connectivity index (χ1) is 12.9. The maximum atomic E-state index is 13.1. The monoisotopic (exact) mass is 382 g/mol. The van der Waals surface area contributed by atoms with Crippen LogP contribution in [0.1, 0.15) is 37.6 Å². The van der Waals surface area contributed by atoms with Gasteiger partial charge in [0.05, 0.1) is 18.3 Å². The largest absolute Gasteiger partial charge is 0.492 e. The Morgan fingerprint density at radius 2 is 2.04 bits per heavy atom. The lowest BCUT2D eigenvalue weighted by molar-refractivity contribution is 0.218. The van der Waals surface area contributed by atoms with E-state index >= 15 is 0 Å². The fourth-order valence-corrected chi connectivity index (χ4v) is 5.14. The number of fused-ring (bicyclic) bond motifs is 3. The van der Waals surface area contributed by atoms with Crippen LogP contribution in [0.15, 0.2) is 41.5 Å². The van der Waals surface area contributed by atoms with Crippen LogP contribution in [-0.4, -0.2) is 16.2 Å². The fourth-order valence-electron chi connectivity index (χ4n) is 3.88. The quantitative estimate of drug-likeness (QED) is 0.658. The van der Waals surface area contributed by atoms with Crippen molar-refractivity contribution in [3.8, 4) is 5.75 Å². The fraction of sp³-hybridized carbons (Fsp3) is 0.455. The Balaban J connectivity index is 1.57. The molecule has 0 spiro atoms. The lowest BCUT2D eigenvalue weighted by atomic mass is 9.72. The Labute approximate surface area is 163 Å².